The lowest BCUT2D eigenvalue weighted by atomic mass is 9.77. The normalized spacial score (nSPS) is 19.5. The number of halogens is 1. The van der Waals surface area contributed by atoms with Gasteiger partial charge in [-0.05, 0) is 25.0 Å². The first-order chi connectivity index (χ1) is 11.6. The van der Waals surface area contributed by atoms with Crippen LogP contribution in [0.5, 0.6) is 0 Å². The molecule has 6 heteroatoms. The Morgan fingerprint density at radius 1 is 1.38 bits per heavy atom. The molecular formula is C18H22FN3OS. The number of carbonyl (C=O) groups excluding carboxylic acids is 1. The van der Waals surface area contributed by atoms with Gasteiger partial charge in [0.1, 0.15) is 10.8 Å². The van der Waals surface area contributed by atoms with Crippen molar-refractivity contribution in [2.75, 3.05) is 6.54 Å². The standard InChI is InChI=1S/C18H22FN3OS/c1-3-18(4-2)11-21-16(23)15(18)20-9-12-10-24-17(22-12)13-7-5-6-8-14(13)19/h5-8,10,15,20H,3-4,9,11H2,1-2H3,(H,21,23). The smallest absolute Gasteiger partial charge is 0.237 e. The Kier molecular flexibility index (Phi) is 4.96. The van der Waals surface area contributed by atoms with Gasteiger partial charge in [-0.2, -0.15) is 0 Å². The lowest BCUT2D eigenvalue weighted by molar-refractivity contribution is -0.122. The van der Waals surface area contributed by atoms with E-state index in [4.69, 9.17) is 0 Å². The summed E-state index contributed by atoms with van der Waals surface area (Å²) in [7, 11) is 0. The Hall–Kier alpha value is -1.79. The number of rotatable bonds is 6. The highest BCUT2D eigenvalue weighted by atomic mass is 32.1. The van der Waals surface area contributed by atoms with Crippen molar-refractivity contribution in [3.8, 4) is 10.6 Å². The van der Waals surface area contributed by atoms with E-state index in [2.05, 4.69) is 29.5 Å². The van der Waals surface area contributed by atoms with E-state index in [1.54, 1.807) is 18.2 Å². The maximum atomic E-state index is 13.9. The Morgan fingerprint density at radius 3 is 2.83 bits per heavy atom. The lowest BCUT2D eigenvalue weighted by Gasteiger charge is -2.31. The zero-order valence-electron chi connectivity index (χ0n) is 13.9. The quantitative estimate of drug-likeness (QED) is 0.843. The molecule has 1 aromatic carbocycles. The van der Waals surface area contributed by atoms with Crippen LogP contribution in [-0.4, -0.2) is 23.5 Å². The van der Waals surface area contributed by atoms with E-state index in [1.165, 1.54) is 17.4 Å². The van der Waals surface area contributed by atoms with Gasteiger partial charge in [-0.15, -0.1) is 11.3 Å². The first-order valence-electron chi connectivity index (χ1n) is 8.30. The highest BCUT2D eigenvalue weighted by Crippen LogP contribution is 2.34. The minimum absolute atomic E-state index is 0.0402. The van der Waals surface area contributed by atoms with Gasteiger partial charge in [0.25, 0.3) is 0 Å². The van der Waals surface area contributed by atoms with Gasteiger partial charge in [0, 0.05) is 29.4 Å². The highest BCUT2D eigenvalue weighted by molar-refractivity contribution is 7.13. The maximum absolute atomic E-state index is 13.9. The second-order valence-electron chi connectivity index (χ2n) is 6.23. The van der Waals surface area contributed by atoms with Gasteiger partial charge < -0.3 is 5.32 Å². The summed E-state index contributed by atoms with van der Waals surface area (Å²) in [6.45, 7) is 5.47. The summed E-state index contributed by atoms with van der Waals surface area (Å²) in [6, 6.07) is 6.44. The van der Waals surface area contributed by atoms with Gasteiger partial charge in [0.2, 0.25) is 5.91 Å². The Bertz CT molecular complexity index is 727. The number of hydrogen-bond donors (Lipinski definition) is 2. The van der Waals surface area contributed by atoms with Crippen molar-refractivity contribution < 1.29 is 9.18 Å². The molecule has 1 atom stereocenters. The Balaban J connectivity index is 1.72. The van der Waals surface area contributed by atoms with Gasteiger partial charge in [-0.3, -0.25) is 10.1 Å². The molecule has 1 amide bonds. The summed E-state index contributed by atoms with van der Waals surface area (Å²) < 4.78 is 13.9. The van der Waals surface area contributed by atoms with Crippen molar-refractivity contribution in [2.24, 2.45) is 5.41 Å². The van der Waals surface area contributed by atoms with E-state index in [9.17, 15) is 9.18 Å². The number of nitrogens with one attached hydrogen (secondary N) is 2. The van der Waals surface area contributed by atoms with Crippen LogP contribution < -0.4 is 10.6 Å². The molecule has 2 N–H and O–H groups in total. The largest absolute Gasteiger partial charge is 0.354 e. The second kappa shape index (κ2) is 6.99. The van der Waals surface area contributed by atoms with Crippen molar-refractivity contribution in [3.63, 3.8) is 0 Å². The Labute approximate surface area is 145 Å². The third-order valence-corrected chi connectivity index (χ3v) is 5.97. The average Bonchev–Trinajstić information content (AvgIpc) is 3.18. The van der Waals surface area contributed by atoms with Gasteiger partial charge in [0.15, 0.2) is 0 Å². The number of amides is 1. The van der Waals surface area contributed by atoms with Crippen LogP contribution in [-0.2, 0) is 11.3 Å². The molecule has 0 aliphatic carbocycles. The molecule has 24 heavy (non-hydrogen) atoms. The molecule has 1 aliphatic rings. The fourth-order valence-corrected chi connectivity index (χ4v) is 4.16. The molecule has 2 heterocycles. The molecule has 0 radical (unpaired) electrons. The summed E-state index contributed by atoms with van der Waals surface area (Å²) in [5.41, 5.74) is 1.31. The fourth-order valence-electron chi connectivity index (χ4n) is 3.32. The number of aromatic nitrogens is 1. The van der Waals surface area contributed by atoms with Crippen LogP contribution in [0.1, 0.15) is 32.4 Å². The van der Waals surface area contributed by atoms with Gasteiger partial charge in [0.05, 0.1) is 11.7 Å². The molecule has 0 bridgehead atoms. The molecule has 3 rings (SSSR count). The number of thiazole rings is 1. The van der Waals surface area contributed by atoms with Gasteiger partial charge in [-0.25, -0.2) is 9.37 Å². The predicted molar refractivity (Wildman–Crippen MR) is 94.2 cm³/mol. The van der Waals surface area contributed by atoms with E-state index < -0.39 is 0 Å². The lowest BCUT2D eigenvalue weighted by Crippen LogP contribution is -2.45. The molecule has 1 aromatic heterocycles. The summed E-state index contributed by atoms with van der Waals surface area (Å²) in [4.78, 5) is 16.7. The fraction of sp³-hybridized carbons (Fsp3) is 0.444. The molecule has 1 unspecified atom stereocenters. The van der Waals surface area contributed by atoms with Crippen molar-refractivity contribution in [2.45, 2.75) is 39.3 Å². The Morgan fingerprint density at radius 2 is 2.12 bits per heavy atom. The first-order valence-corrected chi connectivity index (χ1v) is 9.18. The zero-order valence-corrected chi connectivity index (χ0v) is 14.8. The number of nitrogens with zero attached hydrogens (tertiary/aromatic N) is 1. The highest BCUT2D eigenvalue weighted by Gasteiger charge is 2.45. The van der Waals surface area contributed by atoms with Crippen LogP contribution in [0.2, 0.25) is 0 Å². The van der Waals surface area contributed by atoms with E-state index in [0.717, 1.165) is 18.5 Å². The molecule has 1 saturated heterocycles. The van der Waals surface area contributed by atoms with E-state index in [-0.39, 0.29) is 23.2 Å². The third kappa shape index (κ3) is 3.08. The summed E-state index contributed by atoms with van der Waals surface area (Å²) >= 11 is 1.42. The second-order valence-corrected chi connectivity index (χ2v) is 7.08. The van der Waals surface area contributed by atoms with Crippen LogP contribution in [0.3, 0.4) is 0 Å². The van der Waals surface area contributed by atoms with Gasteiger partial charge >= 0.3 is 0 Å². The van der Waals surface area contributed by atoms with Crippen molar-refractivity contribution in [3.05, 3.63) is 41.2 Å². The molecule has 1 aliphatic heterocycles. The van der Waals surface area contributed by atoms with Crippen LogP contribution in [0.15, 0.2) is 29.6 Å². The molecule has 1 fully saturated rings. The molecular weight excluding hydrogens is 325 g/mol. The van der Waals surface area contributed by atoms with Crippen molar-refractivity contribution >= 4 is 17.2 Å². The predicted octanol–water partition coefficient (Wildman–Crippen LogP) is 3.34. The number of carbonyl (C=O) groups is 1. The van der Waals surface area contributed by atoms with Crippen molar-refractivity contribution in [1.29, 1.82) is 0 Å². The van der Waals surface area contributed by atoms with Crippen LogP contribution in [0.25, 0.3) is 10.6 Å². The zero-order chi connectivity index (χ0) is 17.2. The molecule has 0 saturated carbocycles. The molecule has 2 aromatic rings. The number of benzene rings is 1. The summed E-state index contributed by atoms with van der Waals surface area (Å²) in [5.74, 6) is -0.208. The van der Waals surface area contributed by atoms with E-state index in [0.29, 0.717) is 23.7 Å². The monoisotopic (exact) mass is 347 g/mol. The average molecular weight is 347 g/mol. The third-order valence-electron chi connectivity index (χ3n) is 5.04. The first kappa shape index (κ1) is 17.0. The van der Waals surface area contributed by atoms with E-state index >= 15 is 0 Å². The van der Waals surface area contributed by atoms with Gasteiger partial charge in [-0.1, -0.05) is 26.0 Å². The van der Waals surface area contributed by atoms with E-state index in [1.807, 2.05) is 5.38 Å². The van der Waals surface area contributed by atoms with Crippen LogP contribution in [0, 0.1) is 11.2 Å². The topological polar surface area (TPSA) is 54.0 Å². The minimum Gasteiger partial charge on any atom is -0.354 e. The number of hydrogen-bond acceptors (Lipinski definition) is 4. The van der Waals surface area contributed by atoms with Crippen LogP contribution >= 0.6 is 11.3 Å². The summed E-state index contributed by atoms with van der Waals surface area (Å²) in [5, 5.41) is 8.91. The SMILES string of the molecule is CCC1(CC)CNC(=O)C1NCc1csc(-c2ccccc2F)n1. The molecule has 128 valence electrons. The minimum atomic E-state index is -0.266. The molecule has 4 nitrogen and oxygen atoms in total. The van der Waals surface area contributed by atoms with Crippen LogP contribution in [0.4, 0.5) is 4.39 Å². The molecule has 0 spiro atoms. The summed E-state index contributed by atoms with van der Waals surface area (Å²) in [6.07, 6.45) is 1.88. The van der Waals surface area contributed by atoms with Crippen molar-refractivity contribution in [1.82, 2.24) is 15.6 Å². The maximum Gasteiger partial charge on any atom is 0.237 e.